The molecule has 0 saturated carbocycles. The number of hydrogen-bond acceptors (Lipinski definition) is 4. The summed E-state index contributed by atoms with van der Waals surface area (Å²) in [5.74, 6) is 0.434. The van der Waals surface area contributed by atoms with Crippen molar-refractivity contribution in [3.63, 3.8) is 0 Å². The molecule has 2 rings (SSSR count). The van der Waals surface area contributed by atoms with Crippen LogP contribution >= 0.6 is 11.6 Å². The molecule has 0 aromatic heterocycles. The molecule has 0 aliphatic rings. The predicted molar refractivity (Wildman–Crippen MR) is 99.0 cm³/mol. The highest BCUT2D eigenvalue weighted by Crippen LogP contribution is 2.36. The molecule has 5 nitrogen and oxygen atoms in total. The Labute approximate surface area is 165 Å². The van der Waals surface area contributed by atoms with E-state index in [2.05, 4.69) is 5.32 Å². The van der Waals surface area contributed by atoms with Gasteiger partial charge in [0.15, 0.2) is 6.61 Å². The second kappa shape index (κ2) is 10.2. The summed E-state index contributed by atoms with van der Waals surface area (Å²) < 4.78 is 54.5. The first kappa shape index (κ1) is 21.8. The number of ether oxygens (including phenoxy) is 3. The topological polar surface area (TPSA) is 56.8 Å². The largest absolute Gasteiger partial charge is 0.491 e. The van der Waals surface area contributed by atoms with Crippen molar-refractivity contribution >= 4 is 23.2 Å². The van der Waals surface area contributed by atoms with Crippen LogP contribution in [0.25, 0.3) is 0 Å². The fourth-order valence-electron chi connectivity index (χ4n) is 2.16. The summed E-state index contributed by atoms with van der Waals surface area (Å²) in [4.78, 5) is 11.9. The first-order chi connectivity index (χ1) is 13.3. The lowest BCUT2D eigenvalue weighted by Crippen LogP contribution is -2.20. The summed E-state index contributed by atoms with van der Waals surface area (Å²) in [6.45, 7) is 3.04. The van der Waals surface area contributed by atoms with Gasteiger partial charge in [0.05, 0.1) is 17.2 Å². The van der Waals surface area contributed by atoms with Crippen LogP contribution in [0.4, 0.5) is 18.9 Å². The van der Waals surface area contributed by atoms with E-state index >= 15 is 0 Å². The van der Waals surface area contributed by atoms with Crippen LogP contribution in [-0.2, 0) is 15.7 Å². The van der Waals surface area contributed by atoms with Crippen LogP contribution in [0.5, 0.6) is 11.5 Å². The molecule has 2 aromatic rings. The highest BCUT2D eigenvalue weighted by Gasteiger charge is 2.33. The molecular weight excluding hydrogens is 399 g/mol. The third-order valence-electron chi connectivity index (χ3n) is 3.45. The lowest BCUT2D eigenvalue weighted by atomic mass is 10.2. The number of carbonyl (C=O) groups excluding carboxylic acids is 1. The van der Waals surface area contributed by atoms with Gasteiger partial charge < -0.3 is 19.5 Å². The molecule has 1 N–H and O–H groups in total. The number of alkyl halides is 3. The van der Waals surface area contributed by atoms with Gasteiger partial charge in [0.25, 0.3) is 5.91 Å². The van der Waals surface area contributed by atoms with Gasteiger partial charge in [-0.3, -0.25) is 4.79 Å². The second-order valence-corrected chi connectivity index (χ2v) is 5.95. The zero-order valence-electron chi connectivity index (χ0n) is 15.0. The van der Waals surface area contributed by atoms with Crippen molar-refractivity contribution in [2.45, 2.75) is 13.1 Å². The van der Waals surface area contributed by atoms with Crippen LogP contribution in [0.2, 0.25) is 5.02 Å². The number of halogens is 4. The molecule has 152 valence electrons. The third-order valence-corrected chi connectivity index (χ3v) is 3.78. The quantitative estimate of drug-likeness (QED) is 0.596. The highest BCUT2D eigenvalue weighted by atomic mass is 35.5. The maximum absolute atomic E-state index is 12.8. The number of rotatable bonds is 9. The Hall–Kier alpha value is -2.45. The molecule has 0 fully saturated rings. The first-order valence-corrected chi connectivity index (χ1v) is 8.77. The Kier molecular flexibility index (Phi) is 7.95. The Morgan fingerprint density at radius 2 is 1.68 bits per heavy atom. The lowest BCUT2D eigenvalue weighted by molar-refractivity contribution is -0.137. The van der Waals surface area contributed by atoms with Crippen molar-refractivity contribution in [2.24, 2.45) is 0 Å². The van der Waals surface area contributed by atoms with Gasteiger partial charge in [-0.1, -0.05) is 11.6 Å². The molecule has 28 heavy (non-hydrogen) atoms. The van der Waals surface area contributed by atoms with Gasteiger partial charge in [-0.05, 0) is 49.4 Å². The molecule has 9 heteroatoms. The summed E-state index contributed by atoms with van der Waals surface area (Å²) in [6.07, 6.45) is -4.61. The van der Waals surface area contributed by atoms with Crippen LogP contribution in [0.1, 0.15) is 12.5 Å². The molecular formula is C19H19ClF3NO4. The number of amides is 1. The molecule has 0 unspecified atom stereocenters. The van der Waals surface area contributed by atoms with Crippen molar-refractivity contribution in [3.05, 3.63) is 53.1 Å². The molecule has 1 amide bonds. The Bertz CT molecular complexity index is 782. The number of benzene rings is 2. The van der Waals surface area contributed by atoms with Crippen molar-refractivity contribution in [3.8, 4) is 11.5 Å². The fraction of sp³-hybridized carbons (Fsp3) is 0.316. The van der Waals surface area contributed by atoms with E-state index < -0.39 is 22.7 Å². The van der Waals surface area contributed by atoms with Crippen LogP contribution in [0.15, 0.2) is 42.5 Å². The van der Waals surface area contributed by atoms with Gasteiger partial charge >= 0.3 is 6.18 Å². The average molecular weight is 418 g/mol. The molecule has 0 spiro atoms. The standard InChI is InChI=1S/C19H19ClF3NO4/c1-2-26-9-10-27-14-4-6-15(7-5-14)28-12-18(25)24-13-3-8-17(20)16(11-13)19(21,22)23/h3-8,11H,2,9-10,12H2,1H3,(H,24,25). The van der Waals surface area contributed by atoms with Crippen molar-refractivity contribution < 1.29 is 32.2 Å². The molecule has 2 aromatic carbocycles. The summed E-state index contributed by atoms with van der Waals surface area (Å²) in [5, 5.41) is 1.90. The summed E-state index contributed by atoms with van der Waals surface area (Å²) in [5.41, 5.74) is -1.05. The lowest BCUT2D eigenvalue weighted by Gasteiger charge is -2.12. The molecule has 0 aliphatic carbocycles. The minimum atomic E-state index is -4.61. The Morgan fingerprint density at radius 3 is 2.29 bits per heavy atom. The first-order valence-electron chi connectivity index (χ1n) is 8.39. The fourth-order valence-corrected chi connectivity index (χ4v) is 2.39. The second-order valence-electron chi connectivity index (χ2n) is 5.55. The van der Waals surface area contributed by atoms with Crippen molar-refractivity contribution in [2.75, 3.05) is 31.7 Å². The van der Waals surface area contributed by atoms with E-state index in [9.17, 15) is 18.0 Å². The Balaban J connectivity index is 1.84. The molecule has 0 saturated heterocycles. The average Bonchev–Trinajstić information content (AvgIpc) is 2.65. The van der Waals surface area contributed by atoms with Crippen molar-refractivity contribution in [1.82, 2.24) is 0 Å². The van der Waals surface area contributed by atoms with Gasteiger partial charge in [-0.15, -0.1) is 0 Å². The molecule has 0 bridgehead atoms. The van der Waals surface area contributed by atoms with Gasteiger partial charge in [0.1, 0.15) is 18.1 Å². The van der Waals surface area contributed by atoms with Gasteiger partial charge in [-0.25, -0.2) is 0 Å². The van der Waals surface area contributed by atoms with E-state index in [0.717, 1.165) is 12.1 Å². The van der Waals surface area contributed by atoms with E-state index in [1.165, 1.54) is 6.07 Å². The van der Waals surface area contributed by atoms with Crippen LogP contribution < -0.4 is 14.8 Å². The molecule has 0 aliphatic heterocycles. The van der Waals surface area contributed by atoms with E-state index in [4.69, 9.17) is 25.8 Å². The van der Waals surface area contributed by atoms with Gasteiger partial charge in [0.2, 0.25) is 0 Å². The summed E-state index contributed by atoms with van der Waals surface area (Å²) in [6, 6.07) is 9.71. The van der Waals surface area contributed by atoms with Crippen LogP contribution in [0, 0.1) is 0 Å². The Morgan fingerprint density at radius 1 is 1.04 bits per heavy atom. The number of anilines is 1. The SMILES string of the molecule is CCOCCOc1ccc(OCC(=O)Nc2ccc(Cl)c(C(F)(F)F)c2)cc1. The summed E-state index contributed by atoms with van der Waals surface area (Å²) in [7, 11) is 0. The zero-order chi connectivity index (χ0) is 20.6. The minimum Gasteiger partial charge on any atom is -0.491 e. The van der Waals surface area contributed by atoms with Crippen LogP contribution in [-0.4, -0.2) is 32.3 Å². The van der Waals surface area contributed by atoms with Gasteiger partial charge in [0, 0.05) is 12.3 Å². The molecule has 0 atom stereocenters. The highest BCUT2D eigenvalue weighted by molar-refractivity contribution is 6.31. The van der Waals surface area contributed by atoms with E-state index in [-0.39, 0.29) is 12.3 Å². The van der Waals surface area contributed by atoms with Crippen molar-refractivity contribution in [1.29, 1.82) is 0 Å². The number of hydrogen-bond donors (Lipinski definition) is 1. The maximum Gasteiger partial charge on any atom is 0.417 e. The minimum absolute atomic E-state index is 0.0247. The third kappa shape index (κ3) is 6.94. The van der Waals surface area contributed by atoms with E-state index in [1.807, 2.05) is 6.92 Å². The maximum atomic E-state index is 12.8. The smallest absolute Gasteiger partial charge is 0.417 e. The van der Waals surface area contributed by atoms with Gasteiger partial charge in [-0.2, -0.15) is 13.2 Å². The predicted octanol–water partition coefficient (Wildman–Crippen LogP) is 4.79. The number of nitrogens with one attached hydrogen (secondary N) is 1. The summed E-state index contributed by atoms with van der Waals surface area (Å²) >= 11 is 5.54. The normalized spacial score (nSPS) is 11.2. The molecule has 0 heterocycles. The van der Waals surface area contributed by atoms with Crippen LogP contribution in [0.3, 0.4) is 0 Å². The zero-order valence-corrected chi connectivity index (χ0v) is 15.8. The number of carbonyl (C=O) groups is 1. The monoisotopic (exact) mass is 417 g/mol. The molecule has 0 radical (unpaired) electrons. The van der Waals surface area contributed by atoms with E-state index in [1.54, 1.807) is 24.3 Å². The van der Waals surface area contributed by atoms with E-state index in [0.29, 0.717) is 31.3 Å².